The lowest BCUT2D eigenvalue weighted by atomic mass is 10.0. The van der Waals surface area contributed by atoms with Crippen LogP contribution in [0.15, 0.2) is 0 Å². The molecular formula is C11H23N2OP. The maximum absolute atomic E-state index is 5.77. The van der Waals surface area contributed by atoms with E-state index in [0.717, 1.165) is 19.1 Å². The first-order chi connectivity index (χ1) is 7.15. The molecule has 0 saturated carbocycles. The Kier molecular flexibility index (Phi) is 4.00. The number of nitrogens with zero attached hydrogens (tertiary/aromatic N) is 2. The van der Waals surface area contributed by atoms with Crippen LogP contribution in [0.2, 0.25) is 0 Å². The van der Waals surface area contributed by atoms with Crippen LogP contribution in [0.1, 0.15) is 26.7 Å². The van der Waals surface area contributed by atoms with E-state index < -0.39 is 0 Å². The van der Waals surface area contributed by atoms with E-state index in [1.165, 1.54) is 25.9 Å². The van der Waals surface area contributed by atoms with E-state index in [4.69, 9.17) is 4.74 Å². The summed E-state index contributed by atoms with van der Waals surface area (Å²) in [5, 5.41) is 0. The molecule has 3 unspecified atom stereocenters. The number of ether oxygens (including phenoxy) is 1. The summed E-state index contributed by atoms with van der Waals surface area (Å²) in [5.41, 5.74) is 0. The molecule has 0 aromatic rings. The minimum Gasteiger partial charge on any atom is -0.373 e. The molecule has 3 atom stereocenters. The number of rotatable bonds is 1. The lowest BCUT2D eigenvalue weighted by Gasteiger charge is -2.43. The highest BCUT2D eigenvalue weighted by Gasteiger charge is 2.29. The SMILES string of the molecule is CC1CN(C2CCN(P)CC2)CC(C)O1. The molecule has 2 aliphatic heterocycles. The zero-order valence-electron chi connectivity index (χ0n) is 9.85. The standard InChI is InChI=1S/C11H23N2OP/c1-9-7-12(8-10(2)14-9)11-3-5-13(15)6-4-11/h9-11H,3-8,15H2,1-2H3. The van der Waals surface area contributed by atoms with Gasteiger partial charge in [-0.15, -0.1) is 0 Å². The Bertz CT molecular complexity index is 197. The van der Waals surface area contributed by atoms with E-state index in [0.29, 0.717) is 12.2 Å². The summed E-state index contributed by atoms with van der Waals surface area (Å²) in [6, 6.07) is 0.788. The fourth-order valence-electron chi connectivity index (χ4n) is 2.77. The summed E-state index contributed by atoms with van der Waals surface area (Å²) in [5.74, 6) is 0. The number of morpholine rings is 1. The Morgan fingerprint density at radius 2 is 1.60 bits per heavy atom. The third kappa shape index (κ3) is 3.13. The van der Waals surface area contributed by atoms with Gasteiger partial charge in [0.1, 0.15) is 0 Å². The summed E-state index contributed by atoms with van der Waals surface area (Å²) in [7, 11) is 2.81. The predicted molar refractivity (Wildman–Crippen MR) is 65.9 cm³/mol. The van der Waals surface area contributed by atoms with Crippen molar-refractivity contribution in [3.63, 3.8) is 0 Å². The molecule has 15 heavy (non-hydrogen) atoms. The first-order valence-electron chi connectivity index (χ1n) is 6.04. The molecule has 0 aromatic carbocycles. The van der Waals surface area contributed by atoms with Crippen LogP contribution in [0.25, 0.3) is 0 Å². The predicted octanol–water partition coefficient (Wildman–Crippen LogP) is 1.35. The molecule has 0 radical (unpaired) electrons. The lowest BCUT2D eigenvalue weighted by Crippen LogP contribution is -2.52. The van der Waals surface area contributed by atoms with Crippen LogP contribution < -0.4 is 0 Å². The van der Waals surface area contributed by atoms with Gasteiger partial charge in [-0.05, 0) is 26.7 Å². The number of hydrogen-bond acceptors (Lipinski definition) is 3. The third-order valence-electron chi connectivity index (χ3n) is 3.46. The minimum atomic E-state index is 0.405. The zero-order chi connectivity index (χ0) is 10.8. The van der Waals surface area contributed by atoms with Crippen LogP contribution in [0.3, 0.4) is 0 Å². The third-order valence-corrected chi connectivity index (χ3v) is 3.98. The van der Waals surface area contributed by atoms with Crippen molar-refractivity contribution < 1.29 is 4.74 Å². The van der Waals surface area contributed by atoms with E-state index in [1.54, 1.807) is 0 Å². The molecule has 2 aliphatic rings. The first-order valence-corrected chi connectivity index (χ1v) is 6.56. The van der Waals surface area contributed by atoms with Crippen LogP contribution in [-0.2, 0) is 4.74 Å². The van der Waals surface area contributed by atoms with Gasteiger partial charge in [-0.2, -0.15) is 0 Å². The first kappa shape index (κ1) is 11.8. The highest BCUT2D eigenvalue weighted by atomic mass is 31.0. The second-order valence-corrected chi connectivity index (χ2v) is 5.71. The van der Waals surface area contributed by atoms with Gasteiger partial charge in [-0.1, -0.05) is 9.39 Å². The molecule has 88 valence electrons. The van der Waals surface area contributed by atoms with Gasteiger partial charge in [0.15, 0.2) is 0 Å². The molecular weight excluding hydrogens is 207 g/mol. The monoisotopic (exact) mass is 230 g/mol. The minimum absolute atomic E-state index is 0.405. The van der Waals surface area contributed by atoms with Crippen molar-refractivity contribution >= 4 is 9.39 Å². The molecule has 0 aromatic heterocycles. The summed E-state index contributed by atoms with van der Waals surface area (Å²) in [6.45, 7) is 9.05. The van der Waals surface area contributed by atoms with E-state index in [9.17, 15) is 0 Å². The molecule has 3 nitrogen and oxygen atoms in total. The molecule has 0 aliphatic carbocycles. The topological polar surface area (TPSA) is 15.7 Å². The van der Waals surface area contributed by atoms with Gasteiger partial charge in [-0.25, -0.2) is 0 Å². The van der Waals surface area contributed by atoms with Crippen LogP contribution in [0.5, 0.6) is 0 Å². The van der Waals surface area contributed by atoms with Gasteiger partial charge < -0.3 is 4.74 Å². The summed E-state index contributed by atoms with van der Waals surface area (Å²) in [4.78, 5) is 2.64. The van der Waals surface area contributed by atoms with E-state index in [2.05, 4.69) is 32.8 Å². The van der Waals surface area contributed by atoms with Gasteiger partial charge in [0.25, 0.3) is 0 Å². The van der Waals surface area contributed by atoms with Crippen molar-refractivity contribution in [1.29, 1.82) is 0 Å². The fourth-order valence-corrected chi connectivity index (χ4v) is 3.06. The van der Waals surface area contributed by atoms with E-state index >= 15 is 0 Å². The van der Waals surface area contributed by atoms with Gasteiger partial charge in [0, 0.05) is 32.2 Å². The summed E-state index contributed by atoms with van der Waals surface area (Å²) in [6.07, 6.45) is 3.43. The second kappa shape index (κ2) is 5.09. The van der Waals surface area contributed by atoms with Crippen LogP contribution in [0, 0.1) is 0 Å². The quantitative estimate of drug-likeness (QED) is 0.632. The molecule has 0 amide bonds. The molecule has 2 rings (SSSR count). The highest BCUT2D eigenvalue weighted by molar-refractivity contribution is 7.13. The Labute approximate surface area is 95.4 Å². The molecule has 4 heteroatoms. The van der Waals surface area contributed by atoms with Gasteiger partial charge in [0.2, 0.25) is 0 Å². The van der Waals surface area contributed by atoms with Crippen LogP contribution >= 0.6 is 9.39 Å². The largest absolute Gasteiger partial charge is 0.373 e. The van der Waals surface area contributed by atoms with Crippen LogP contribution in [-0.4, -0.2) is 54.0 Å². The maximum Gasteiger partial charge on any atom is 0.0678 e. The smallest absolute Gasteiger partial charge is 0.0678 e. The maximum atomic E-state index is 5.77. The van der Waals surface area contributed by atoms with Crippen LogP contribution in [0.4, 0.5) is 0 Å². The summed E-state index contributed by atoms with van der Waals surface area (Å²) >= 11 is 0. The van der Waals surface area contributed by atoms with Crippen molar-refractivity contribution in [2.75, 3.05) is 26.2 Å². The van der Waals surface area contributed by atoms with E-state index in [1.807, 2.05) is 0 Å². The normalized spacial score (nSPS) is 37.0. The van der Waals surface area contributed by atoms with Gasteiger partial charge in [0.05, 0.1) is 12.2 Å². The molecule has 2 saturated heterocycles. The Hall–Kier alpha value is 0.310. The number of hydrogen-bond donors (Lipinski definition) is 0. The van der Waals surface area contributed by atoms with Crippen molar-refractivity contribution in [2.24, 2.45) is 0 Å². The van der Waals surface area contributed by atoms with Crippen molar-refractivity contribution in [3.8, 4) is 0 Å². The highest BCUT2D eigenvalue weighted by Crippen LogP contribution is 2.22. The second-order valence-electron chi connectivity index (χ2n) is 4.98. The zero-order valence-corrected chi connectivity index (χ0v) is 11.0. The van der Waals surface area contributed by atoms with Crippen molar-refractivity contribution in [1.82, 2.24) is 9.57 Å². The van der Waals surface area contributed by atoms with Crippen molar-refractivity contribution in [3.05, 3.63) is 0 Å². The molecule has 2 heterocycles. The molecule has 0 bridgehead atoms. The average molecular weight is 230 g/mol. The fraction of sp³-hybridized carbons (Fsp3) is 1.00. The summed E-state index contributed by atoms with van der Waals surface area (Å²) < 4.78 is 8.12. The van der Waals surface area contributed by atoms with Gasteiger partial charge >= 0.3 is 0 Å². The molecule has 0 spiro atoms. The molecule has 0 N–H and O–H groups in total. The van der Waals surface area contributed by atoms with E-state index in [-0.39, 0.29) is 0 Å². The average Bonchev–Trinajstić information content (AvgIpc) is 2.17. The Balaban J connectivity index is 1.87. The molecule has 2 fully saturated rings. The van der Waals surface area contributed by atoms with Crippen molar-refractivity contribution in [2.45, 2.75) is 44.9 Å². The number of piperidine rings is 1. The van der Waals surface area contributed by atoms with Gasteiger partial charge in [-0.3, -0.25) is 9.57 Å². The Morgan fingerprint density at radius 3 is 2.13 bits per heavy atom. The lowest BCUT2D eigenvalue weighted by molar-refractivity contribution is -0.0846. The Morgan fingerprint density at radius 1 is 1.07 bits per heavy atom.